The highest BCUT2D eigenvalue weighted by molar-refractivity contribution is 4.94. The van der Waals surface area contributed by atoms with Gasteiger partial charge in [-0.15, -0.1) is 0 Å². The Labute approximate surface area is 49.1 Å². The van der Waals surface area contributed by atoms with Crippen LogP contribution in [0.25, 0.3) is 0 Å². The maximum Gasteiger partial charge on any atom is 0.147 e. The summed E-state index contributed by atoms with van der Waals surface area (Å²) in [5.74, 6) is 0. The summed E-state index contributed by atoms with van der Waals surface area (Å²) in [4.78, 5) is 0. The molecule has 1 heterocycles. The zero-order valence-corrected chi connectivity index (χ0v) is 4.85. The van der Waals surface area contributed by atoms with Crippen LogP contribution in [0.3, 0.4) is 0 Å². The van der Waals surface area contributed by atoms with Crippen LogP contribution in [0.2, 0.25) is 0 Å². The van der Waals surface area contributed by atoms with Gasteiger partial charge in [0, 0.05) is 0 Å². The summed E-state index contributed by atoms with van der Waals surface area (Å²) >= 11 is 0. The summed E-state index contributed by atoms with van der Waals surface area (Å²) in [6, 6.07) is 0. The maximum atomic E-state index is 4.98. The minimum absolute atomic E-state index is 0.430. The molecule has 0 unspecified atom stereocenters. The van der Waals surface area contributed by atoms with Crippen molar-refractivity contribution in [3.63, 3.8) is 0 Å². The second-order valence-corrected chi connectivity index (χ2v) is 1.87. The van der Waals surface area contributed by atoms with Crippen molar-refractivity contribution in [3.8, 4) is 0 Å². The average Bonchev–Trinajstić information content (AvgIpc) is 1.94. The molecule has 1 rings (SSSR count). The van der Waals surface area contributed by atoms with Crippen molar-refractivity contribution in [3.05, 3.63) is 12.2 Å². The first-order valence-electron chi connectivity index (χ1n) is 2.72. The second-order valence-electron chi connectivity index (χ2n) is 1.87. The third-order valence-corrected chi connectivity index (χ3v) is 1.07. The molecule has 0 N–H and O–H groups in total. The highest BCUT2D eigenvalue weighted by atomic mass is 16.7. The zero-order chi connectivity index (χ0) is 5.82. The molecule has 0 aromatic heterocycles. The lowest BCUT2D eigenvalue weighted by atomic mass is 10.2. The first-order valence-corrected chi connectivity index (χ1v) is 2.72. The number of ether oxygens (including phenoxy) is 2. The van der Waals surface area contributed by atoms with Crippen molar-refractivity contribution in [2.24, 2.45) is 0 Å². The van der Waals surface area contributed by atoms with E-state index in [1.165, 1.54) is 0 Å². The van der Waals surface area contributed by atoms with Gasteiger partial charge in [0.2, 0.25) is 0 Å². The molecule has 0 radical (unpaired) electrons. The predicted molar refractivity (Wildman–Crippen MR) is 30.5 cm³/mol. The Bertz CT molecular complexity index is 78.5. The van der Waals surface area contributed by atoms with E-state index >= 15 is 0 Å². The average molecular weight is 114 g/mol. The van der Waals surface area contributed by atoms with E-state index in [4.69, 9.17) is 9.47 Å². The van der Waals surface area contributed by atoms with Crippen molar-refractivity contribution < 1.29 is 9.47 Å². The van der Waals surface area contributed by atoms with E-state index in [9.17, 15) is 0 Å². The van der Waals surface area contributed by atoms with Crippen LogP contribution in [0, 0.1) is 0 Å². The smallest absolute Gasteiger partial charge is 0.147 e. The quantitative estimate of drug-likeness (QED) is 0.436. The van der Waals surface area contributed by atoms with Gasteiger partial charge in [-0.25, -0.2) is 0 Å². The number of hydrogen-bond acceptors (Lipinski definition) is 2. The van der Waals surface area contributed by atoms with Crippen LogP contribution in [-0.2, 0) is 9.47 Å². The molecule has 0 aromatic carbocycles. The SMILES string of the molecule is C=C1CCOCOC1. The summed E-state index contributed by atoms with van der Waals surface area (Å²) < 4.78 is 9.97. The first kappa shape index (κ1) is 5.79. The van der Waals surface area contributed by atoms with Gasteiger partial charge in [0.1, 0.15) is 6.79 Å². The van der Waals surface area contributed by atoms with Gasteiger partial charge in [-0.1, -0.05) is 6.58 Å². The van der Waals surface area contributed by atoms with Gasteiger partial charge in [-0.3, -0.25) is 0 Å². The van der Waals surface area contributed by atoms with Gasteiger partial charge in [0.25, 0.3) is 0 Å². The van der Waals surface area contributed by atoms with E-state index in [2.05, 4.69) is 6.58 Å². The normalized spacial score (nSPS) is 22.8. The molecule has 0 atom stereocenters. The third kappa shape index (κ3) is 1.64. The molecule has 8 heavy (non-hydrogen) atoms. The topological polar surface area (TPSA) is 18.5 Å². The fourth-order valence-corrected chi connectivity index (χ4v) is 0.593. The van der Waals surface area contributed by atoms with Crippen LogP contribution in [0.4, 0.5) is 0 Å². The highest BCUT2D eigenvalue weighted by Crippen LogP contribution is 2.02. The van der Waals surface area contributed by atoms with Crippen molar-refractivity contribution in [1.29, 1.82) is 0 Å². The van der Waals surface area contributed by atoms with E-state index in [1.807, 2.05) is 0 Å². The summed E-state index contributed by atoms with van der Waals surface area (Å²) in [5, 5.41) is 0. The summed E-state index contributed by atoms with van der Waals surface area (Å²) in [6.07, 6.45) is 0.944. The molecule has 1 fully saturated rings. The Balaban J connectivity index is 2.27. The standard InChI is InChI=1S/C6H10O2/c1-6-2-3-7-5-8-4-6/h1-5H2. The van der Waals surface area contributed by atoms with Gasteiger partial charge >= 0.3 is 0 Å². The van der Waals surface area contributed by atoms with Crippen molar-refractivity contribution in [2.45, 2.75) is 6.42 Å². The maximum absolute atomic E-state index is 4.98. The van der Waals surface area contributed by atoms with Gasteiger partial charge < -0.3 is 9.47 Å². The molecular formula is C6H10O2. The van der Waals surface area contributed by atoms with E-state index < -0.39 is 0 Å². The molecule has 0 bridgehead atoms. The monoisotopic (exact) mass is 114 g/mol. The lowest BCUT2D eigenvalue weighted by Gasteiger charge is -1.94. The molecule has 0 aliphatic carbocycles. The van der Waals surface area contributed by atoms with Crippen molar-refractivity contribution in [1.82, 2.24) is 0 Å². The Morgan fingerprint density at radius 2 is 2.25 bits per heavy atom. The van der Waals surface area contributed by atoms with Gasteiger partial charge in [-0.2, -0.15) is 0 Å². The molecule has 1 aliphatic rings. The van der Waals surface area contributed by atoms with E-state index in [1.54, 1.807) is 0 Å². The largest absolute Gasteiger partial charge is 0.355 e. The molecule has 46 valence electrons. The Morgan fingerprint density at radius 1 is 1.38 bits per heavy atom. The Kier molecular flexibility index (Phi) is 2.06. The molecule has 0 spiro atoms. The second kappa shape index (κ2) is 2.84. The van der Waals surface area contributed by atoms with Crippen molar-refractivity contribution >= 4 is 0 Å². The van der Waals surface area contributed by atoms with Crippen LogP contribution in [0.5, 0.6) is 0 Å². The molecule has 0 amide bonds. The molecule has 2 heteroatoms. The lowest BCUT2D eigenvalue weighted by molar-refractivity contribution is -0.0293. The van der Waals surface area contributed by atoms with Crippen LogP contribution >= 0.6 is 0 Å². The van der Waals surface area contributed by atoms with Crippen LogP contribution in [0.1, 0.15) is 6.42 Å². The zero-order valence-electron chi connectivity index (χ0n) is 4.85. The lowest BCUT2D eigenvalue weighted by Crippen LogP contribution is -1.94. The first-order chi connectivity index (χ1) is 3.89. The molecule has 1 saturated heterocycles. The molecule has 0 aromatic rings. The predicted octanol–water partition coefficient (Wildman–Crippen LogP) is 0.937. The summed E-state index contributed by atoms with van der Waals surface area (Å²) in [7, 11) is 0. The minimum Gasteiger partial charge on any atom is -0.355 e. The minimum atomic E-state index is 0.430. The Hall–Kier alpha value is -0.340. The number of hydrogen-bond donors (Lipinski definition) is 0. The van der Waals surface area contributed by atoms with Crippen LogP contribution in [0.15, 0.2) is 12.2 Å². The molecule has 0 saturated carbocycles. The van der Waals surface area contributed by atoms with Crippen LogP contribution in [-0.4, -0.2) is 20.0 Å². The summed E-state index contributed by atoms with van der Waals surface area (Å²) in [6.45, 7) is 5.63. The van der Waals surface area contributed by atoms with Crippen molar-refractivity contribution in [2.75, 3.05) is 20.0 Å². The summed E-state index contributed by atoms with van der Waals surface area (Å²) in [5.41, 5.74) is 1.13. The van der Waals surface area contributed by atoms with Gasteiger partial charge in [-0.05, 0) is 12.0 Å². The molecule has 1 aliphatic heterocycles. The van der Waals surface area contributed by atoms with E-state index in [-0.39, 0.29) is 0 Å². The fourth-order valence-electron chi connectivity index (χ4n) is 0.593. The van der Waals surface area contributed by atoms with Gasteiger partial charge in [0.15, 0.2) is 0 Å². The van der Waals surface area contributed by atoms with E-state index in [0.29, 0.717) is 13.4 Å². The van der Waals surface area contributed by atoms with E-state index in [0.717, 1.165) is 18.6 Å². The number of rotatable bonds is 0. The molecule has 2 nitrogen and oxygen atoms in total. The van der Waals surface area contributed by atoms with Crippen LogP contribution < -0.4 is 0 Å². The van der Waals surface area contributed by atoms with Gasteiger partial charge in [0.05, 0.1) is 13.2 Å². The highest BCUT2D eigenvalue weighted by Gasteiger charge is 1.99. The fraction of sp³-hybridized carbons (Fsp3) is 0.667. The third-order valence-electron chi connectivity index (χ3n) is 1.07. The molecular weight excluding hydrogens is 104 g/mol. The Morgan fingerprint density at radius 3 is 3.12 bits per heavy atom.